The SMILES string of the molecule is N#C[C@H](Cc1ccc(-c2cc3n(c2)CCCNC3=O)cc1)NC(=O)[C@@H]1CNCCCO1. The molecular weight excluding hydrogens is 394 g/mol. The summed E-state index contributed by atoms with van der Waals surface area (Å²) in [7, 11) is 0. The van der Waals surface area contributed by atoms with Crippen molar-refractivity contribution in [3.8, 4) is 17.2 Å². The van der Waals surface area contributed by atoms with Crippen LogP contribution in [-0.2, 0) is 22.5 Å². The van der Waals surface area contributed by atoms with E-state index in [1.807, 2.05) is 41.1 Å². The minimum Gasteiger partial charge on any atom is -0.367 e. The van der Waals surface area contributed by atoms with E-state index in [-0.39, 0.29) is 11.8 Å². The summed E-state index contributed by atoms with van der Waals surface area (Å²) in [6.07, 6.45) is 3.64. The van der Waals surface area contributed by atoms with Gasteiger partial charge in [0.15, 0.2) is 0 Å². The van der Waals surface area contributed by atoms with Gasteiger partial charge in [0.1, 0.15) is 17.8 Å². The van der Waals surface area contributed by atoms with Crippen LogP contribution in [0.3, 0.4) is 0 Å². The van der Waals surface area contributed by atoms with E-state index in [0.29, 0.717) is 31.8 Å². The van der Waals surface area contributed by atoms with Crippen LogP contribution in [0.5, 0.6) is 0 Å². The molecule has 8 nitrogen and oxygen atoms in total. The number of carbonyl (C=O) groups is 2. The van der Waals surface area contributed by atoms with Gasteiger partial charge in [0.05, 0.1) is 6.07 Å². The molecule has 1 saturated heterocycles. The number of nitriles is 1. The van der Waals surface area contributed by atoms with Gasteiger partial charge in [-0.3, -0.25) is 9.59 Å². The topological polar surface area (TPSA) is 108 Å². The smallest absolute Gasteiger partial charge is 0.267 e. The fraction of sp³-hybridized carbons (Fsp3) is 0.435. The predicted octanol–water partition coefficient (Wildman–Crippen LogP) is 1.22. The summed E-state index contributed by atoms with van der Waals surface area (Å²) >= 11 is 0. The van der Waals surface area contributed by atoms with E-state index in [1.165, 1.54) is 0 Å². The number of nitrogens with one attached hydrogen (secondary N) is 3. The van der Waals surface area contributed by atoms with Gasteiger partial charge in [0, 0.05) is 44.4 Å². The van der Waals surface area contributed by atoms with Crippen LogP contribution in [0.1, 0.15) is 28.9 Å². The van der Waals surface area contributed by atoms with Crippen molar-refractivity contribution in [2.45, 2.75) is 38.0 Å². The molecule has 3 heterocycles. The Bertz CT molecular complexity index is 968. The van der Waals surface area contributed by atoms with Crippen molar-refractivity contribution in [3.63, 3.8) is 0 Å². The second-order valence-electron chi connectivity index (χ2n) is 7.93. The van der Waals surface area contributed by atoms with Gasteiger partial charge in [-0.1, -0.05) is 24.3 Å². The van der Waals surface area contributed by atoms with Crippen molar-refractivity contribution in [2.75, 3.05) is 26.2 Å². The zero-order valence-corrected chi connectivity index (χ0v) is 17.4. The summed E-state index contributed by atoms with van der Waals surface area (Å²) in [4.78, 5) is 24.6. The zero-order valence-electron chi connectivity index (χ0n) is 17.4. The Balaban J connectivity index is 1.40. The van der Waals surface area contributed by atoms with Crippen molar-refractivity contribution in [3.05, 3.63) is 47.8 Å². The van der Waals surface area contributed by atoms with Crippen molar-refractivity contribution in [2.24, 2.45) is 0 Å². The number of amides is 2. The molecule has 1 aromatic carbocycles. The molecule has 2 aliphatic heterocycles. The van der Waals surface area contributed by atoms with Gasteiger partial charge in [0.25, 0.3) is 11.8 Å². The van der Waals surface area contributed by atoms with Crippen LogP contribution in [0.4, 0.5) is 0 Å². The predicted molar refractivity (Wildman–Crippen MR) is 115 cm³/mol. The van der Waals surface area contributed by atoms with Crippen LogP contribution >= 0.6 is 0 Å². The average molecular weight is 422 g/mol. The second-order valence-corrected chi connectivity index (χ2v) is 7.93. The van der Waals surface area contributed by atoms with E-state index < -0.39 is 12.1 Å². The third kappa shape index (κ3) is 5.13. The fourth-order valence-corrected chi connectivity index (χ4v) is 3.93. The van der Waals surface area contributed by atoms with Crippen molar-refractivity contribution in [1.29, 1.82) is 5.26 Å². The molecule has 8 heteroatoms. The van der Waals surface area contributed by atoms with Gasteiger partial charge < -0.3 is 25.3 Å². The molecule has 0 spiro atoms. The average Bonchev–Trinajstić information content (AvgIpc) is 2.92. The highest BCUT2D eigenvalue weighted by atomic mass is 16.5. The first-order valence-corrected chi connectivity index (χ1v) is 10.7. The molecule has 1 aromatic heterocycles. The lowest BCUT2D eigenvalue weighted by molar-refractivity contribution is -0.132. The molecule has 4 rings (SSSR count). The highest BCUT2D eigenvalue weighted by Gasteiger charge is 2.23. The quantitative estimate of drug-likeness (QED) is 0.673. The van der Waals surface area contributed by atoms with Gasteiger partial charge in [0.2, 0.25) is 0 Å². The van der Waals surface area contributed by atoms with Crippen LogP contribution in [0.25, 0.3) is 11.1 Å². The van der Waals surface area contributed by atoms with Gasteiger partial charge in [-0.2, -0.15) is 5.26 Å². The summed E-state index contributed by atoms with van der Waals surface area (Å²) in [5, 5.41) is 18.4. The minimum absolute atomic E-state index is 0.0409. The Kier molecular flexibility index (Phi) is 6.65. The molecule has 3 N–H and O–H groups in total. The van der Waals surface area contributed by atoms with Crippen LogP contribution in [-0.4, -0.2) is 54.8 Å². The Labute approximate surface area is 181 Å². The van der Waals surface area contributed by atoms with Gasteiger partial charge in [-0.05, 0) is 36.6 Å². The number of fused-ring (bicyclic) bond motifs is 1. The van der Waals surface area contributed by atoms with Crippen molar-refractivity contribution in [1.82, 2.24) is 20.5 Å². The zero-order chi connectivity index (χ0) is 21.6. The third-order valence-corrected chi connectivity index (χ3v) is 5.63. The highest BCUT2D eigenvalue weighted by molar-refractivity contribution is 5.94. The Hall–Kier alpha value is -3.15. The highest BCUT2D eigenvalue weighted by Crippen LogP contribution is 2.24. The Morgan fingerprint density at radius 1 is 1.26 bits per heavy atom. The first-order valence-electron chi connectivity index (χ1n) is 10.7. The lowest BCUT2D eigenvalue weighted by atomic mass is 10.0. The first-order chi connectivity index (χ1) is 15.1. The molecule has 2 amide bonds. The molecular formula is C23H27N5O3. The summed E-state index contributed by atoms with van der Waals surface area (Å²) < 4.78 is 7.56. The maximum atomic E-state index is 12.4. The van der Waals surface area contributed by atoms with Crippen LogP contribution in [0, 0.1) is 11.3 Å². The summed E-state index contributed by atoms with van der Waals surface area (Å²) in [5.74, 6) is -0.299. The number of ether oxygens (including phenoxy) is 1. The molecule has 2 aromatic rings. The number of hydrogen-bond acceptors (Lipinski definition) is 5. The molecule has 0 bridgehead atoms. The lowest BCUT2D eigenvalue weighted by Crippen LogP contribution is -2.46. The monoisotopic (exact) mass is 421 g/mol. The number of hydrogen-bond donors (Lipinski definition) is 3. The molecule has 0 saturated carbocycles. The maximum Gasteiger partial charge on any atom is 0.267 e. The first kappa shape index (κ1) is 21.1. The number of rotatable bonds is 5. The Morgan fingerprint density at radius 3 is 2.90 bits per heavy atom. The molecule has 31 heavy (non-hydrogen) atoms. The molecule has 162 valence electrons. The molecule has 2 aliphatic rings. The lowest BCUT2D eigenvalue weighted by Gasteiger charge is -2.18. The van der Waals surface area contributed by atoms with E-state index in [0.717, 1.165) is 42.6 Å². The van der Waals surface area contributed by atoms with Crippen LogP contribution < -0.4 is 16.0 Å². The van der Waals surface area contributed by atoms with E-state index in [2.05, 4.69) is 22.0 Å². The third-order valence-electron chi connectivity index (χ3n) is 5.63. The van der Waals surface area contributed by atoms with Gasteiger partial charge in [-0.15, -0.1) is 0 Å². The molecule has 1 fully saturated rings. The molecule has 0 unspecified atom stereocenters. The van der Waals surface area contributed by atoms with Gasteiger partial charge in [-0.25, -0.2) is 0 Å². The number of aryl methyl sites for hydroxylation is 1. The number of benzene rings is 1. The van der Waals surface area contributed by atoms with E-state index in [9.17, 15) is 14.9 Å². The molecule has 2 atom stereocenters. The largest absolute Gasteiger partial charge is 0.367 e. The summed E-state index contributed by atoms with van der Waals surface area (Å²) in [6, 6.07) is 11.3. The van der Waals surface area contributed by atoms with Crippen molar-refractivity contribution >= 4 is 11.8 Å². The van der Waals surface area contributed by atoms with E-state index >= 15 is 0 Å². The molecule has 0 aliphatic carbocycles. The second kappa shape index (κ2) is 9.77. The number of aromatic nitrogens is 1. The minimum atomic E-state index is -0.626. The van der Waals surface area contributed by atoms with Crippen LogP contribution in [0.2, 0.25) is 0 Å². The summed E-state index contributed by atoms with van der Waals surface area (Å²) in [5.41, 5.74) is 3.63. The normalized spacial score (nSPS) is 19.8. The molecule has 0 radical (unpaired) electrons. The van der Waals surface area contributed by atoms with E-state index in [4.69, 9.17) is 4.74 Å². The fourth-order valence-electron chi connectivity index (χ4n) is 3.93. The summed E-state index contributed by atoms with van der Waals surface area (Å²) in [6.45, 7) is 3.33. The maximum absolute atomic E-state index is 12.4. The number of carbonyl (C=O) groups excluding carboxylic acids is 2. The number of nitrogens with zero attached hydrogens (tertiary/aromatic N) is 2. The van der Waals surface area contributed by atoms with Crippen molar-refractivity contribution < 1.29 is 14.3 Å². The Morgan fingerprint density at radius 2 is 2.10 bits per heavy atom. The van der Waals surface area contributed by atoms with Gasteiger partial charge >= 0.3 is 0 Å². The standard InChI is InChI=1S/C23H27N5O3/c24-13-19(27-23(30)21-14-25-7-2-10-31-21)11-16-3-5-17(6-4-16)18-12-20-22(29)26-8-1-9-28(20)15-18/h3-6,12,15,19,21,25H,1-2,7-11,14H2,(H,26,29)(H,27,30)/t19-,21-/m0/s1. The van der Waals surface area contributed by atoms with E-state index in [1.54, 1.807) is 0 Å². The van der Waals surface area contributed by atoms with Crippen LogP contribution in [0.15, 0.2) is 36.5 Å².